The van der Waals surface area contributed by atoms with Crippen LogP contribution in [0.2, 0.25) is 0 Å². The number of nitro groups is 1. The minimum Gasteiger partial charge on any atom is -0.462 e. The number of hydrogen-bond acceptors (Lipinski definition) is 8. The standard InChI is InChI=1S/C25H21N3O6S/c1-2-33-25(30)22-19-5-3-4-6-21(19)35-24(22)27-23(29)16(14-26)13-18-11-12-20(34-18)15-7-9-17(10-8-15)28(31)32/h7-13H,2-6H2,1H3,(H,27,29). The summed E-state index contributed by atoms with van der Waals surface area (Å²) < 4.78 is 10.9. The van der Waals surface area contributed by atoms with Gasteiger partial charge in [-0.3, -0.25) is 14.9 Å². The molecule has 0 saturated carbocycles. The van der Waals surface area contributed by atoms with Crippen LogP contribution in [0.25, 0.3) is 17.4 Å². The number of thiophene rings is 1. The lowest BCUT2D eigenvalue weighted by atomic mass is 9.95. The fourth-order valence-electron chi connectivity index (χ4n) is 3.87. The zero-order valence-corrected chi connectivity index (χ0v) is 19.6. The molecule has 1 N–H and O–H groups in total. The Bertz CT molecular complexity index is 1360. The number of nitriles is 1. The van der Waals surface area contributed by atoms with E-state index in [1.54, 1.807) is 31.2 Å². The molecule has 0 atom stereocenters. The largest absolute Gasteiger partial charge is 0.462 e. The summed E-state index contributed by atoms with van der Waals surface area (Å²) in [6, 6.07) is 11.0. The molecule has 4 rings (SSSR count). The molecule has 9 nitrogen and oxygen atoms in total. The molecule has 0 radical (unpaired) electrons. The third-order valence-corrected chi connectivity index (χ3v) is 6.73. The summed E-state index contributed by atoms with van der Waals surface area (Å²) in [5, 5.41) is 23.5. The van der Waals surface area contributed by atoms with Crippen LogP contribution in [0, 0.1) is 21.4 Å². The molecule has 178 valence electrons. The average Bonchev–Trinajstić information content (AvgIpc) is 3.47. The van der Waals surface area contributed by atoms with Crippen molar-refractivity contribution >= 4 is 40.0 Å². The zero-order valence-electron chi connectivity index (χ0n) is 18.8. The van der Waals surface area contributed by atoms with Gasteiger partial charge in [0.15, 0.2) is 0 Å². The summed E-state index contributed by atoms with van der Waals surface area (Å²) in [6.07, 6.45) is 4.86. The van der Waals surface area contributed by atoms with Crippen molar-refractivity contribution < 1.29 is 23.7 Å². The minimum absolute atomic E-state index is 0.0405. The number of anilines is 1. The predicted octanol–water partition coefficient (Wildman–Crippen LogP) is 5.52. The number of nitrogens with zero attached hydrogens (tertiary/aromatic N) is 2. The molecular formula is C25H21N3O6S. The van der Waals surface area contributed by atoms with Gasteiger partial charge in [-0.1, -0.05) is 0 Å². The van der Waals surface area contributed by atoms with Crippen LogP contribution in [-0.2, 0) is 22.4 Å². The monoisotopic (exact) mass is 491 g/mol. The normalized spacial score (nSPS) is 13.0. The van der Waals surface area contributed by atoms with E-state index in [2.05, 4.69) is 5.32 Å². The van der Waals surface area contributed by atoms with Crippen LogP contribution in [0.3, 0.4) is 0 Å². The first-order valence-electron chi connectivity index (χ1n) is 11.0. The first-order valence-corrected chi connectivity index (χ1v) is 11.8. The summed E-state index contributed by atoms with van der Waals surface area (Å²) in [5.41, 5.74) is 1.66. The van der Waals surface area contributed by atoms with Crippen molar-refractivity contribution in [1.82, 2.24) is 0 Å². The highest BCUT2D eigenvalue weighted by Gasteiger charge is 2.28. The van der Waals surface area contributed by atoms with Gasteiger partial charge in [-0.05, 0) is 62.4 Å². The average molecular weight is 492 g/mol. The molecule has 3 aromatic rings. The van der Waals surface area contributed by atoms with Gasteiger partial charge in [0, 0.05) is 28.6 Å². The Hall–Kier alpha value is -4.23. The van der Waals surface area contributed by atoms with E-state index in [1.165, 1.54) is 29.5 Å². The van der Waals surface area contributed by atoms with E-state index in [4.69, 9.17) is 9.15 Å². The molecule has 0 saturated heterocycles. The molecule has 0 spiro atoms. The number of amides is 1. The number of rotatable bonds is 7. The number of furan rings is 1. The minimum atomic E-state index is -0.662. The lowest BCUT2D eigenvalue weighted by Gasteiger charge is -2.12. The lowest BCUT2D eigenvalue weighted by molar-refractivity contribution is -0.384. The molecule has 2 aromatic heterocycles. The van der Waals surface area contributed by atoms with Gasteiger partial charge in [0.1, 0.15) is 28.2 Å². The molecule has 0 bridgehead atoms. The second-order valence-electron chi connectivity index (χ2n) is 7.77. The molecule has 1 amide bonds. The quantitative estimate of drug-likeness (QED) is 0.151. The molecule has 1 aliphatic carbocycles. The summed E-state index contributed by atoms with van der Waals surface area (Å²) in [6.45, 7) is 1.94. The van der Waals surface area contributed by atoms with Gasteiger partial charge in [-0.2, -0.15) is 5.26 Å². The highest BCUT2D eigenvalue weighted by atomic mass is 32.1. The Morgan fingerprint density at radius 3 is 2.66 bits per heavy atom. The number of aryl methyl sites for hydroxylation is 1. The second kappa shape index (κ2) is 10.4. The number of non-ortho nitro benzene ring substituents is 1. The van der Waals surface area contributed by atoms with Gasteiger partial charge in [0.25, 0.3) is 11.6 Å². The molecule has 35 heavy (non-hydrogen) atoms. The Kier molecular flexibility index (Phi) is 7.08. The maximum Gasteiger partial charge on any atom is 0.341 e. The van der Waals surface area contributed by atoms with Gasteiger partial charge in [-0.25, -0.2) is 4.79 Å². The van der Waals surface area contributed by atoms with E-state index in [0.717, 1.165) is 36.1 Å². The molecule has 0 unspecified atom stereocenters. The number of benzene rings is 1. The van der Waals surface area contributed by atoms with Crippen LogP contribution in [-0.4, -0.2) is 23.4 Å². The van der Waals surface area contributed by atoms with E-state index >= 15 is 0 Å². The highest BCUT2D eigenvalue weighted by molar-refractivity contribution is 7.17. The number of fused-ring (bicyclic) bond motifs is 1. The molecule has 1 aromatic carbocycles. The van der Waals surface area contributed by atoms with Crippen molar-refractivity contribution in [3.63, 3.8) is 0 Å². The van der Waals surface area contributed by atoms with Crippen LogP contribution in [0.1, 0.15) is 46.3 Å². The van der Waals surface area contributed by atoms with Crippen LogP contribution in [0.4, 0.5) is 10.7 Å². The third kappa shape index (κ3) is 5.15. The number of carbonyl (C=O) groups excluding carboxylic acids is 2. The van der Waals surface area contributed by atoms with Crippen molar-refractivity contribution in [2.24, 2.45) is 0 Å². The summed E-state index contributed by atoms with van der Waals surface area (Å²) in [5.74, 6) is -0.450. The van der Waals surface area contributed by atoms with Crippen molar-refractivity contribution in [1.29, 1.82) is 5.26 Å². The smallest absolute Gasteiger partial charge is 0.341 e. The van der Waals surface area contributed by atoms with E-state index < -0.39 is 16.8 Å². The van der Waals surface area contributed by atoms with E-state index in [0.29, 0.717) is 21.9 Å². The van der Waals surface area contributed by atoms with Crippen LogP contribution in [0.15, 0.2) is 46.4 Å². The first-order chi connectivity index (χ1) is 16.9. The molecule has 1 aliphatic rings. The topological polar surface area (TPSA) is 135 Å². The van der Waals surface area contributed by atoms with Crippen molar-refractivity contribution in [2.75, 3.05) is 11.9 Å². The van der Waals surface area contributed by atoms with Gasteiger partial charge in [0.05, 0.1) is 17.1 Å². The second-order valence-corrected chi connectivity index (χ2v) is 8.87. The number of esters is 1. The zero-order chi connectivity index (χ0) is 24.9. The summed E-state index contributed by atoms with van der Waals surface area (Å²) >= 11 is 1.34. The van der Waals surface area contributed by atoms with Crippen molar-refractivity contribution in [3.05, 3.63) is 73.8 Å². The fourth-order valence-corrected chi connectivity index (χ4v) is 5.14. The fraction of sp³-hybridized carbons (Fsp3) is 0.240. The van der Waals surface area contributed by atoms with Crippen LogP contribution >= 0.6 is 11.3 Å². The number of ether oxygens (including phenoxy) is 1. The highest BCUT2D eigenvalue weighted by Crippen LogP contribution is 2.39. The maximum absolute atomic E-state index is 12.9. The van der Waals surface area contributed by atoms with Crippen LogP contribution in [0.5, 0.6) is 0 Å². The molecular weight excluding hydrogens is 470 g/mol. The number of nitro benzene ring substituents is 1. The Labute approximate surface area is 204 Å². The van der Waals surface area contributed by atoms with E-state index in [9.17, 15) is 25.0 Å². The van der Waals surface area contributed by atoms with Gasteiger partial charge >= 0.3 is 5.97 Å². The lowest BCUT2D eigenvalue weighted by Crippen LogP contribution is -2.16. The predicted molar refractivity (Wildman–Crippen MR) is 130 cm³/mol. The van der Waals surface area contributed by atoms with E-state index in [-0.39, 0.29) is 23.6 Å². The van der Waals surface area contributed by atoms with Crippen molar-refractivity contribution in [3.8, 4) is 17.4 Å². The number of nitrogens with one attached hydrogen (secondary N) is 1. The van der Waals surface area contributed by atoms with Crippen molar-refractivity contribution in [2.45, 2.75) is 32.6 Å². The van der Waals surface area contributed by atoms with Crippen LogP contribution < -0.4 is 5.32 Å². The molecule has 10 heteroatoms. The van der Waals surface area contributed by atoms with E-state index in [1.807, 2.05) is 6.07 Å². The Balaban J connectivity index is 1.57. The van der Waals surface area contributed by atoms with Gasteiger partial charge in [0.2, 0.25) is 0 Å². The summed E-state index contributed by atoms with van der Waals surface area (Å²) in [7, 11) is 0. The first kappa shape index (κ1) is 23.9. The van der Waals surface area contributed by atoms with Gasteiger partial charge < -0.3 is 14.5 Å². The summed E-state index contributed by atoms with van der Waals surface area (Å²) in [4.78, 5) is 36.9. The SMILES string of the molecule is CCOC(=O)c1c(NC(=O)C(C#N)=Cc2ccc(-c3ccc([N+](=O)[O-])cc3)o2)sc2c1CCCC2. The Morgan fingerprint density at radius 2 is 1.97 bits per heavy atom. The molecule has 2 heterocycles. The number of carbonyl (C=O) groups is 2. The maximum atomic E-state index is 12.9. The number of hydrogen-bond donors (Lipinski definition) is 1. The molecule has 0 aliphatic heterocycles. The van der Waals surface area contributed by atoms with Gasteiger partial charge in [-0.15, -0.1) is 11.3 Å². The third-order valence-electron chi connectivity index (χ3n) is 5.52. The molecule has 0 fully saturated rings. The Morgan fingerprint density at radius 1 is 1.23 bits per heavy atom.